The monoisotopic (exact) mass is 310 g/mol. The van der Waals surface area contributed by atoms with E-state index in [1.165, 1.54) is 25.7 Å². The molecule has 0 unspecified atom stereocenters. The van der Waals surface area contributed by atoms with Crippen molar-refractivity contribution in [2.24, 2.45) is 0 Å². The Kier molecular flexibility index (Phi) is 4.02. The van der Waals surface area contributed by atoms with Gasteiger partial charge < -0.3 is 5.32 Å². The summed E-state index contributed by atoms with van der Waals surface area (Å²) in [5.74, 6) is -0.269. The van der Waals surface area contributed by atoms with Crippen molar-refractivity contribution in [3.63, 3.8) is 0 Å². The largest absolute Gasteiger partial charge is 0.308 e. The zero-order valence-corrected chi connectivity index (χ0v) is 13.6. The van der Waals surface area contributed by atoms with Crippen molar-refractivity contribution in [1.29, 1.82) is 0 Å². The van der Waals surface area contributed by atoms with Gasteiger partial charge in [-0.3, -0.25) is 4.90 Å². The topological polar surface area (TPSA) is 15.3 Å². The van der Waals surface area contributed by atoms with E-state index in [1.807, 2.05) is 12.1 Å². The molecule has 2 aliphatic rings. The summed E-state index contributed by atoms with van der Waals surface area (Å²) >= 11 is 5.92. The molecule has 116 valence electrons. The molecule has 1 aromatic rings. The SMILES string of the molecule is CC1(C)CNC2(CCCC2)CN1Cc1cccc(Cl)c1F. The van der Waals surface area contributed by atoms with E-state index in [-0.39, 0.29) is 21.9 Å². The number of nitrogens with one attached hydrogen (secondary N) is 1. The van der Waals surface area contributed by atoms with Gasteiger partial charge >= 0.3 is 0 Å². The Morgan fingerprint density at radius 3 is 2.71 bits per heavy atom. The average molecular weight is 311 g/mol. The normalized spacial score (nSPS) is 24.6. The summed E-state index contributed by atoms with van der Waals surface area (Å²) in [6.45, 7) is 7.03. The van der Waals surface area contributed by atoms with Gasteiger partial charge in [-0.05, 0) is 32.8 Å². The van der Waals surface area contributed by atoms with E-state index >= 15 is 0 Å². The predicted octanol–water partition coefficient (Wildman–Crippen LogP) is 3.98. The van der Waals surface area contributed by atoms with Crippen LogP contribution in [0.1, 0.15) is 45.1 Å². The Morgan fingerprint density at radius 1 is 1.29 bits per heavy atom. The predicted molar refractivity (Wildman–Crippen MR) is 85.1 cm³/mol. The first-order chi connectivity index (χ1) is 9.92. The van der Waals surface area contributed by atoms with Crippen LogP contribution < -0.4 is 5.32 Å². The smallest absolute Gasteiger partial charge is 0.146 e. The molecule has 0 atom stereocenters. The van der Waals surface area contributed by atoms with Crippen molar-refractivity contribution >= 4 is 11.6 Å². The molecule has 3 rings (SSSR count). The van der Waals surface area contributed by atoms with Crippen LogP contribution in [-0.4, -0.2) is 29.1 Å². The van der Waals surface area contributed by atoms with Gasteiger partial charge in [-0.25, -0.2) is 4.39 Å². The first-order valence-corrected chi connectivity index (χ1v) is 8.23. The molecular weight excluding hydrogens is 287 g/mol. The molecule has 1 aromatic carbocycles. The minimum absolute atomic E-state index is 0.0304. The molecule has 0 aromatic heterocycles. The van der Waals surface area contributed by atoms with Crippen LogP contribution in [0.3, 0.4) is 0 Å². The van der Waals surface area contributed by atoms with Gasteiger partial charge in [0.25, 0.3) is 0 Å². The molecular formula is C17H24ClFN2. The number of rotatable bonds is 2. The van der Waals surface area contributed by atoms with Gasteiger partial charge in [0.2, 0.25) is 0 Å². The molecule has 1 N–H and O–H groups in total. The van der Waals surface area contributed by atoms with Crippen LogP contribution in [0, 0.1) is 5.82 Å². The lowest BCUT2D eigenvalue weighted by molar-refractivity contribution is 0.0210. The van der Waals surface area contributed by atoms with Gasteiger partial charge in [0.05, 0.1) is 5.02 Å². The molecule has 1 saturated carbocycles. The third kappa shape index (κ3) is 2.96. The summed E-state index contributed by atoms with van der Waals surface area (Å²) in [6, 6.07) is 5.30. The van der Waals surface area contributed by atoms with Crippen molar-refractivity contribution in [1.82, 2.24) is 10.2 Å². The van der Waals surface area contributed by atoms with E-state index in [0.29, 0.717) is 12.1 Å². The molecule has 4 heteroatoms. The summed E-state index contributed by atoms with van der Waals surface area (Å²) in [5, 5.41) is 3.98. The highest BCUT2D eigenvalue weighted by Gasteiger charge is 2.44. The molecule has 1 heterocycles. The second-order valence-corrected chi connectivity index (χ2v) is 7.63. The zero-order chi connectivity index (χ0) is 15.1. The number of hydrogen-bond donors (Lipinski definition) is 1. The molecule has 0 amide bonds. The number of nitrogens with zero attached hydrogens (tertiary/aromatic N) is 1. The maximum atomic E-state index is 14.2. The minimum Gasteiger partial charge on any atom is -0.308 e. The van der Waals surface area contributed by atoms with Crippen molar-refractivity contribution in [2.45, 2.75) is 57.2 Å². The third-order valence-corrected chi connectivity index (χ3v) is 5.49. The van der Waals surface area contributed by atoms with E-state index in [0.717, 1.165) is 13.1 Å². The van der Waals surface area contributed by atoms with E-state index in [9.17, 15) is 4.39 Å². The fourth-order valence-electron chi connectivity index (χ4n) is 3.68. The summed E-state index contributed by atoms with van der Waals surface area (Å²) in [5.41, 5.74) is 0.971. The maximum absolute atomic E-state index is 14.2. The lowest BCUT2D eigenvalue weighted by atomic mass is 9.87. The lowest BCUT2D eigenvalue weighted by Crippen LogP contribution is -2.66. The fourth-order valence-corrected chi connectivity index (χ4v) is 3.88. The van der Waals surface area contributed by atoms with Crippen LogP contribution in [0.4, 0.5) is 4.39 Å². The van der Waals surface area contributed by atoms with Crippen molar-refractivity contribution in [3.05, 3.63) is 34.6 Å². The summed E-state index contributed by atoms with van der Waals surface area (Å²) in [7, 11) is 0. The van der Waals surface area contributed by atoms with Crippen molar-refractivity contribution < 1.29 is 4.39 Å². The van der Waals surface area contributed by atoms with Crippen LogP contribution in [0.25, 0.3) is 0 Å². The van der Waals surface area contributed by atoms with Crippen LogP contribution in [-0.2, 0) is 6.54 Å². The first-order valence-electron chi connectivity index (χ1n) is 7.85. The maximum Gasteiger partial charge on any atom is 0.146 e. The van der Waals surface area contributed by atoms with Crippen LogP contribution in [0.15, 0.2) is 18.2 Å². The quantitative estimate of drug-likeness (QED) is 0.889. The third-order valence-electron chi connectivity index (χ3n) is 5.20. The lowest BCUT2D eigenvalue weighted by Gasteiger charge is -2.51. The molecule has 21 heavy (non-hydrogen) atoms. The number of halogens is 2. The van der Waals surface area contributed by atoms with E-state index in [4.69, 9.17) is 11.6 Å². The molecule has 0 bridgehead atoms. The Bertz CT molecular complexity index is 524. The highest BCUT2D eigenvalue weighted by molar-refractivity contribution is 6.30. The van der Waals surface area contributed by atoms with E-state index in [2.05, 4.69) is 24.1 Å². The molecule has 1 aliphatic heterocycles. The number of benzene rings is 1. The van der Waals surface area contributed by atoms with Gasteiger partial charge in [-0.1, -0.05) is 36.6 Å². The second-order valence-electron chi connectivity index (χ2n) is 7.22. The Labute approximate surface area is 131 Å². The summed E-state index contributed by atoms with van der Waals surface area (Å²) in [4.78, 5) is 2.42. The minimum atomic E-state index is -0.269. The Hall–Kier alpha value is -0.640. The molecule has 2 fully saturated rings. The Morgan fingerprint density at radius 2 is 2.00 bits per heavy atom. The average Bonchev–Trinajstić information content (AvgIpc) is 2.89. The van der Waals surface area contributed by atoms with Crippen molar-refractivity contribution in [2.75, 3.05) is 13.1 Å². The van der Waals surface area contributed by atoms with Gasteiger partial charge in [0, 0.05) is 36.3 Å². The van der Waals surface area contributed by atoms with Gasteiger partial charge in [0.15, 0.2) is 0 Å². The number of hydrogen-bond acceptors (Lipinski definition) is 2. The van der Waals surface area contributed by atoms with Crippen molar-refractivity contribution in [3.8, 4) is 0 Å². The molecule has 1 spiro atoms. The van der Waals surface area contributed by atoms with Gasteiger partial charge in [0.1, 0.15) is 5.82 Å². The zero-order valence-electron chi connectivity index (χ0n) is 12.9. The van der Waals surface area contributed by atoms with Crippen LogP contribution >= 0.6 is 11.6 Å². The second kappa shape index (κ2) is 5.53. The summed E-state index contributed by atoms with van der Waals surface area (Å²) < 4.78 is 14.2. The molecule has 1 aliphatic carbocycles. The van der Waals surface area contributed by atoms with E-state index < -0.39 is 0 Å². The fraction of sp³-hybridized carbons (Fsp3) is 0.647. The number of piperazine rings is 1. The van der Waals surface area contributed by atoms with Crippen LogP contribution in [0.5, 0.6) is 0 Å². The molecule has 0 radical (unpaired) electrons. The van der Waals surface area contributed by atoms with Gasteiger partial charge in [-0.15, -0.1) is 0 Å². The summed E-state index contributed by atoms with van der Waals surface area (Å²) in [6.07, 6.45) is 5.06. The van der Waals surface area contributed by atoms with Gasteiger partial charge in [-0.2, -0.15) is 0 Å². The molecule has 2 nitrogen and oxygen atoms in total. The van der Waals surface area contributed by atoms with Crippen LogP contribution in [0.2, 0.25) is 5.02 Å². The van der Waals surface area contributed by atoms with E-state index in [1.54, 1.807) is 6.07 Å². The highest BCUT2D eigenvalue weighted by Crippen LogP contribution is 2.36. The first kappa shape index (κ1) is 15.3. The standard InChI is InChI=1S/C17H24ClFN2/c1-16(2)11-20-17(8-3-4-9-17)12-21(16)10-13-6-5-7-14(18)15(13)19/h5-7,20H,3-4,8-12H2,1-2H3. The Balaban J connectivity index is 1.82. The molecule has 1 saturated heterocycles. The highest BCUT2D eigenvalue weighted by atomic mass is 35.5.